The molecule has 1 saturated heterocycles. The molecule has 2 atom stereocenters. The molecular weight excluding hydrogens is 304 g/mol. The van der Waals surface area contributed by atoms with Crippen LogP contribution < -0.4 is 0 Å². The van der Waals surface area contributed by atoms with Crippen molar-refractivity contribution in [3.63, 3.8) is 0 Å². The molecule has 1 nitrogen and oxygen atoms in total. The minimum absolute atomic E-state index is 0.340. The first-order valence-electron chi connectivity index (χ1n) is 11.0. The molecule has 1 aromatic carbocycles. The molecular formula is C24H38O. The van der Waals surface area contributed by atoms with E-state index < -0.39 is 0 Å². The first-order chi connectivity index (χ1) is 12.3. The molecule has 1 saturated carbocycles. The van der Waals surface area contributed by atoms with Crippen LogP contribution in [0.15, 0.2) is 24.3 Å². The number of hydrogen-bond acceptors (Lipinski definition) is 1. The molecule has 2 fully saturated rings. The van der Waals surface area contributed by atoms with Gasteiger partial charge in [-0.15, -0.1) is 0 Å². The van der Waals surface area contributed by atoms with Crippen LogP contribution in [-0.4, -0.2) is 6.61 Å². The molecule has 2 aliphatic rings. The highest BCUT2D eigenvalue weighted by Gasteiger charge is 2.31. The zero-order chi connectivity index (χ0) is 17.5. The Kier molecular flexibility index (Phi) is 7.40. The van der Waals surface area contributed by atoms with Crippen molar-refractivity contribution in [2.45, 2.75) is 90.6 Å². The third kappa shape index (κ3) is 5.33. The number of aryl methyl sites for hydroxylation is 1. The Bertz CT molecular complexity index is 475. The summed E-state index contributed by atoms with van der Waals surface area (Å²) in [5.41, 5.74) is 2.81. The first kappa shape index (κ1) is 19.0. The third-order valence-electron chi connectivity index (χ3n) is 6.84. The van der Waals surface area contributed by atoms with E-state index in [2.05, 4.69) is 38.1 Å². The number of unbranched alkanes of at least 4 members (excludes halogenated alkanes) is 2. The topological polar surface area (TPSA) is 9.23 Å². The summed E-state index contributed by atoms with van der Waals surface area (Å²) in [5, 5.41) is 0. The molecule has 1 aliphatic carbocycles. The van der Waals surface area contributed by atoms with E-state index in [0.29, 0.717) is 6.10 Å². The van der Waals surface area contributed by atoms with E-state index in [0.717, 1.165) is 30.8 Å². The summed E-state index contributed by atoms with van der Waals surface area (Å²) in [6.07, 6.45) is 15.6. The Hall–Kier alpha value is -0.820. The molecule has 0 radical (unpaired) electrons. The molecule has 0 spiro atoms. The lowest BCUT2D eigenvalue weighted by atomic mass is 9.72. The van der Waals surface area contributed by atoms with E-state index in [1.165, 1.54) is 75.3 Å². The minimum atomic E-state index is 0.340. The Morgan fingerprint density at radius 2 is 1.56 bits per heavy atom. The molecule has 0 amide bonds. The average molecular weight is 343 g/mol. The van der Waals surface area contributed by atoms with Gasteiger partial charge in [0.15, 0.2) is 0 Å². The average Bonchev–Trinajstić information content (AvgIpc) is 2.69. The largest absolute Gasteiger partial charge is 0.373 e. The SMILES string of the molecule is CCCCCC1CCC(C2CCC(c3ccc(CC)cc3)OC2)CC1. The summed E-state index contributed by atoms with van der Waals surface area (Å²) in [4.78, 5) is 0. The van der Waals surface area contributed by atoms with Crippen molar-refractivity contribution in [3.8, 4) is 0 Å². The van der Waals surface area contributed by atoms with Gasteiger partial charge in [-0.25, -0.2) is 0 Å². The van der Waals surface area contributed by atoms with Crippen molar-refractivity contribution in [3.05, 3.63) is 35.4 Å². The van der Waals surface area contributed by atoms with E-state index in [4.69, 9.17) is 4.74 Å². The van der Waals surface area contributed by atoms with Crippen LogP contribution in [0.2, 0.25) is 0 Å². The van der Waals surface area contributed by atoms with Crippen LogP contribution in [0.25, 0.3) is 0 Å². The summed E-state index contributed by atoms with van der Waals surface area (Å²) in [7, 11) is 0. The molecule has 1 heteroatoms. The van der Waals surface area contributed by atoms with Gasteiger partial charge < -0.3 is 4.74 Å². The molecule has 25 heavy (non-hydrogen) atoms. The predicted molar refractivity (Wildman–Crippen MR) is 107 cm³/mol. The molecule has 0 aromatic heterocycles. The Labute approximate surface area is 155 Å². The van der Waals surface area contributed by atoms with Gasteiger partial charge in [0, 0.05) is 0 Å². The Morgan fingerprint density at radius 1 is 0.840 bits per heavy atom. The molecule has 140 valence electrons. The van der Waals surface area contributed by atoms with Gasteiger partial charge in [-0.2, -0.15) is 0 Å². The van der Waals surface area contributed by atoms with Crippen molar-refractivity contribution in [2.75, 3.05) is 6.61 Å². The summed E-state index contributed by atoms with van der Waals surface area (Å²) < 4.78 is 6.31. The van der Waals surface area contributed by atoms with Crippen LogP contribution in [0, 0.1) is 17.8 Å². The van der Waals surface area contributed by atoms with E-state index in [1.54, 1.807) is 0 Å². The monoisotopic (exact) mass is 342 g/mol. The second kappa shape index (κ2) is 9.76. The lowest BCUT2D eigenvalue weighted by molar-refractivity contribution is -0.0405. The van der Waals surface area contributed by atoms with Crippen LogP contribution in [0.4, 0.5) is 0 Å². The van der Waals surface area contributed by atoms with Gasteiger partial charge in [0.25, 0.3) is 0 Å². The molecule has 1 heterocycles. The second-order valence-electron chi connectivity index (χ2n) is 8.53. The zero-order valence-electron chi connectivity index (χ0n) is 16.5. The van der Waals surface area contributed by atoms with Crippen molar-refractivity contribution in [1.29, 1.82) is 0 Å². The molecule has 0 N–H and O–H groups in total. The second-order valence-corrected chi connectivity index (χ2v) is 8.53. The lowest BCUT2D eigenvalue weighted by Crippen LogP contribution is -2.29. The highest BCUT2D eigenvalue weighted by Crippen LogP contribution is 2.41. The highest BCUT2D eigenvalue weighted by molar-refractivity contribution is 5.24. The molecule has 3 rings (SSSR count). The summed E-state index contributed by atoms with van der Waals surface area (Å²) in [6, 6.07) is 9.10. The molecule has 2 unspecified atom stereocenters. The highest BCUT2D eigenvalue weighted by atomic mass is 16.5. The third-order valence-corrected chi connectivity index (χ3v) is 6.84. The minimum Gasteiger partial charge on any atom is -0.373 e. The van der Waals surface area contributed by atoms with Crippen molar-refractivity contribution >= 4 is 0 Å². The Morgan fingerprint density at radius 3 is 2.16 bits per heavy atom. The summed E-state index contributed by atoms with van der Waals surface area (Å²) in [5.74, 6) is 2.78. The van der Waals surface area contributed by atoms with Crippen molar-refractivity contribution < 1.29 is 4.74 Å². The van der Waals surface area contributed by atoms with E-state index >= 15 is 0 Å². The summed E-state index contributed by atoms with van der Waals surface area (Å²) in [6.45, 7) is 5.52. The van der Waals surface area contributed by atoms with Crippen LogP contribution in [0.5, 0.6) is 0 Å². The standard InChI is InChI=1S/C24H38O/c1-3-5-6-7-20-10-12-21(13-11-20)23-16-17-24(25-18-23)22-14-8-19(4-2)9-15-22/h8-9,14-15,20-21,23-24H,3-7,10-13,16-18H2,1-2H3. The van der Waals surface area contributed by atoms with Crippen LogP contribution in [0.3, 0.4) is 0 Å². The first-order valence-corrected chi connectivity index (χ1v) is 11.0. The van der Waals surface area contributed by atoms with Crippen LogP contribution in [0.1, 0.15) is 95.3 Å². The zero-order valence-corrected chi connectivity index (χ0v) is 16.5. The van der Waals surface area contributed by atoms with Gasteiger partial charge >= 0.3 is 0 Å². The van der Waals surface area contributed by atoms with Gasteiger partial charge in [0.05, 0.1) is 12.7 Å². The van der Waals surface area contributed by atoms with Gasteiger partial charge in [-0.3, -0.25) is 0 Å². The number of rotatable bonds is 7. The Balaban J connectivity index is 1.40. The maximum absolute atomic E-state index is 6.31. The fourth-order valence-corrected chi connectivity index (χ4v) is 5.01. The number of hydrogen-bond donors (Lipinski definition) is 0. The van der Waals surface area contributed by atoms with Crippen molar-refractivity contribution in [2.24, 2.45) is 17.8 Å². The molecule has 1 aromatic rings. The fraction of sp³-hybridized carbons (Fsp3) is 0.750. The van der Waals surface area contributed by atoms with E-state index in [9.17, 15) is 0 Å². The smallest absolute Gasteiger partial charge is 0.0825 e. The maximum Gasteiger partial charge on any atom is 0.0825 e. The quantitative estimate of drug-likeness (QED) is 0.480. The molecule has 0 bridgehead atoms. The van der Waals surface area contributed by atoms with Crippen molar-refractivity contribution in [1.82, 2.24) is 0 Å². The van der Waals surface area contributed by atoms with Crippen LogP contribution >= 0.6 is 0 Å². The van der Waals surface area contributed by atoms with Gasteiger partial charge in [0.2, 0.25) is 0 Å². The van der Waals surface area contributed by atoms with Crippen LogP contribution in [-0.2, 0) is 11.2 Å². The fourth-order valence-electron chi connectivity index (χ4n) is 5.01. The van der Waals surface area contributed by atoms with Gasteiger partial charge in [0.1, 0.15) is 0 Å². The molecule has 1 aliphatic heterocycles. The maximum atomic E-state index is 6.31. The number of benzene rings is 1. The van der Waals surface area contributed by atoms with Gasteiger partial charge in [-0.1, -0.05) is 76.6 Å². The van der Waals surface area contributed by atoms with E-state index in [1.807, 2.05) is 0 Å². The predicted octanol–water partition coefficient (Wildman–Crippen LogP) is 7.10. The summed E-state index contributed by atoms with van der Waals surface area (Å²) >= 11 is 0. The van der Waals surface area contributed by atoms with E-state index in [-0.39, 0.29) is 0 Å². The number of ether oxygens (including phenoxy) is 1. The van der Waals surface area contributed by atoms with Gasteiger partial charge in [-0.05, 0) is 61.0 Å². The lowest BCUT2D eigenvalue weighted by Gasteiger charge is -2.38. The normalized spacial score (nSPS) is 30.3.